The molecule has 0 aliphatic carbocycles. The van der Waals surface area contributed by atoms with Gasteiger partial charge in [-0.05, 0) is 42.9 Å². The SMILES string of the molecule is Cc1noc(-c2ccc(Br)cc2)c1CC(C)(CCO)c1ccccc1. The third-order valence-corrected chi connectivity index (χ3v) is 5.32. The second-order valence-corrected chi connectivity index (χ2v) is 7.58. The molecule has 0 bridgehead atoms. The van der Waals surface area contributed by atoms with Gasteiger partial charge in [0.2, 0.25) is 0 Å². The van der Waals surface area contributed by atoms with Crippen LogP contribution in [0.25, 0.3) is 11.3 Å². The lowest BCUT2D eigenvalue weighted by atomic mass is 9.74. The molecule has 0 aliphatic heterocycles. The normalized spacial score (nSPS) is 13.6. The Morgan fingerprint density at radius 2 is 1.76 bits per heavy atom. The Morgan fingerprint density at radius 3 is 2.40 bits per heavy atom. The average Bonchev–Trinajstić information content (AvgIpc) is 2.97. The van der Waals surface area contributed by atoms with E-state index in [1.807, 2.05) is 49.4 Å². The molecular formula is C21H22BrNO2. The molecule has 3 rings (SSSR count). The molecule has 1 unspecified atom stereocenters. The smallest absolute Gasteiger partial charge is 0.170 e. The lowest BCUT2D eigenvalue weighted by Gasteiger charge is -2.30. The van der Waals surface area contributed by atoms with Crippen LogP contribution in [0.2, 0.25) is 0 Å². The van der Waals surface area contributed by atoms with Gasteiger partial charge in [-0.3, -0.25) is 0 Å². The molecule has 1 aromatic heterocycles. The average molecular weight is 400 g/mol. The summed E-state index contributed by atoms with van der Waals surface area (Å²) < 4.78 is 6.68. The molecular weight excluding hydrogens is 378 g/mol. The molecule has 0 radical (unpaired) electrons. The molecule has 0 saturated heterocycles. The lowest BCUT2D eigenvalue weighted by Crippen LogP contribution is -2.27. The van der Waals surface area contributed by atoms with Crippen LogP contribution in [0.15, 0.2) is 63.6 Å². The molecule has 130 valence electrons. The summed E-state index contributed by atoms with van der Waals surface area (Å²) in [6, 6.07) is 18.4. The number of aryl methyl sites for hydroxylation is 1. The first-order valence-electron chi connectivity index (χ1n) is 8.41. The van der Waals surface area contributed by atoms with Crippen molar-refractivity contribution in [2.24, 2.45) is 0 Å². The number of aromatic nitrogens is 1. The Morgan fingerprint density at radius 1 is 1.08 bits per heavy atom. The molecule has 0 fully saturated rings. The van der Waals surface area contributed by atoms with Gasteiger partial charge in [0.05, 0.1) is 5.69 Å². The second-order valence-electron chi connectivity index (χ2n) is 6.66. The molecule has 3 aromatic rings. The molecule has 1 atom stereocenters. The summed E-state index contributed by atoms with van der Waals surface area (Å²) in [4.78, 5) is 0. The summed E-state index contributed by atoms with van der Waals surface area (Å²) in [5.41, 5.74) is 4.04. The predicted molar refractivity (Wildman–Crippen MR) is 104 cm³/mol. The van der Waals surface area contributed by atoms with E-state index in [9.17, 15) is 5.11 Å². The number of rotatable bonds is 6. The van der Waals surface area contributed by atoms with E-state index < -0.39 is 0 Å². The number of benzene rings is 2. The van der Waals surface area contributed by atoms with E-state index in [1.165, 1.54) is 5.56 Å². The Kier molecular flexibility index (Phi) is 5.40. The van der Waals surface area contributed by atoms with Gasteiger partial charge in [-0.2, -0.15) is 0 Å². The molecule has 2 aromatic carbocycles. The van der Waals surface area contributed by atoms with Crippen LogP contribution in [-0.2, 0) is 11.8 Å². The van der Waals surface area contributed by atoms with Gasteiger partial charge < -0.3 is 9.63 Å². The maximum Gasteiger partial charge on any atom is 0.170 e. The van der Waals surface area contributed by atoms with Crippen LogP contribution in [0.3, 0.4) is 0 Å². The van der Waals surface area contributed by atoms with Gasteiger partial charge in [0, 0.05) is 22.2 Å². The Labute approximate surface area is 156 Å². The van der Waals surface area contributed by atoms with Crippen LogP contribution in [0.1, 0.15) is 30.2 Å². The molecule has 0 saturated carbocycles. The highest BCUT2D eigenvalue weighted by molar-refractivity contribution is 9.10. The van der Waals surface area contributed by atoms with Crippen molar-refractivity contribution in [3.63, 3.8) is 0 Å². The number of hydrogen-bond acceptors (Lipinski definition) is 3. The zero-order chi connectivity index (χ0) is 17.9. The number of hydrogen-bond donors (Lipinski definition) is 1. The number of nitrogens with zero attached hydrogens (tertiary/aromatic N) is 1. The fraction of sp³-hybridized carbons (Fsp3) is 0.286. The second kappa shape index (κ2) is 7.54. The van der Waals surface area contributed by atoms with E-state index in [1.54, 1.807) is 0 Å². The zero-order valence-electron chi connectivity index (χ0n) is 14.5. The number of aliphatic hydroxyl groups is 1. The van der Waals surface area contributed by atoms with Crippen molar-refractivity contribution in [3.8, 4) is 11.3 Å². The maximum atomic E-state index is 9.63. The van der Waals surface area contributed by atoms with E-state index in [4.69, 9.17) is 4.52 Å². The van der Waals surface area contributed by atoms with Gasteiger partial charge in [0.15, 0.2) is 5.76 Å². The van der Waals surface area contributed by atoms with E-state index >= 15 is 0 Å². The molecule has 3 nitrogen and oxygen atoms in total. The van der Waals surface area contributed by atoms with Crippen molar-refractivity contribution < 1.29 is 9.63 Å². The predicted octanol–water partition coefficient (Wildman–Crippen LogP) is 5.30. The first-order chi connectivity index (χ1) is 12.0. The molecule has 0 spiro atoms. The van der Waals surface area contributed by atoms with Crippen molar-refractivity contribution in [2.75, 3.05) is 6.61 Å². The van der Waals surface area contributed by atoms with E-state index in [-0.39, 0.29) is 12.0 Å². The summed E-state index contributed by atoms with van der Waals surface area (Å²) >= 11 is 3.47. The highest BCUT2D eigenvalue weighted by Crippen LogP contribution is 2.36. The minimum absolute atomic E-state index is 0.142. The number of halogens is 1. The van der Waals surface area contributed by atoms with Gasteiger partial charge in [-0.1, -0.05) is 70.5 Å². The highest BCUT2D eigenvalue weighted by Gasteiger charge is 2.30. The van der Waals surface area contributed by atoms with Crippen LogP contribution in [-0.4, -0.2) is 16.9 Å². The summed E-state index contributed by atoms with van der Waals surface area (Å²) in [7, 11) is 0. The first kappa shape index (κ1) is 17.9. The summed E-state index contributed by atoms with van der Waals surface area (Å²) in [5, 5.41) is 13.8. The van der Waals surface area contributed by atoms with Gasteiger partial charge in [-0.15, -0.1) is 0 Å². The van der Waals surface area contributed by atoms with Crippen LogP contribution >= 0.6 is 15.9 Å². The van der Waals surface area contributed by atoms with Gasteiger partial charge >= 0.3 is 0 Å². The minimum atomic E-state index is -0.184. The summed E-state index contributed by atoms with van der Waals surface area (Å²) in [6.45, 7) is 4.31. The third-order valence-electron chi connectivity index (χ3n) is 4.79. The highest BCUT2D eigenvalue weighted by atomic mass is 79.9. The van der Waals surface area contributed by atoms with Gasteiger partial charge in [0.1, 0.15) is 0 Å². The van der Waals surface area contributed by atoms with Crippen LogP contribution < -0.4 is 0 Å². The molecule has 1 N–H and O–H groups in total. The lowest BCUT2D eigenvalue weighted by molar-refractivity contribution is 0.243. The van der Waals surface area contributed by atoms with Crippen molar-refractivity contribution in [2.45, 2.75) is 32.1 Å². The zero-order valence-corrected chi connectivity index (χ0v) is 16.1. The molecule has 25 heavy (non-hydrogen) atoms. The third kappa shape index (κ3) is 3.86. The standard InChI is InChI=1S/C21H22BrNO2/c1-15-19(20(25-23-15)16-8-10-18(22)11-9-16)14-21(2,12-13-24)17-6-4-3-5-7-17/h3-11,24H,12-14H2,1-2H3. The topological polar surface area (TPSA) is 46.3 Å². The molecule has 0 aliphatic rings. The Balaban J connectivity index is 2.01. The largest absolute Gasteiger partial charge is 0.396 e. The molecule has 4 heteroatoms. The fourth-order valence-electron chi connectivity index (χ4n) is 3.24. The van der Waals surface area contributed by atoms with E-state index in [0.717, 1.165) is 33.5 Å². The van der Waals surface area contributed by atoms with Gasteiger partial charge in [-0.25, -0.2) is 0 Å². The fourth-order valence-corrected chi connectivity index (χ4v) is 3.50. The van der Waals surface area contributed by atoms with Crippen LogP contribution in [0, 0.1) is 6.92 Å². The first-order valence-corrected chi connectivity index (χ1v) is 9.20. The summed E-state index contributed by atoms with van der Waals surface area (Å²) in [6.07, 6.45) is 1.44. The van der Waals surface area contributed by atoms with Crippen molar-refractivity contribution in [1.82, 2.24) is 5.16 Å². The maximum absolute atomic E-state index is 9.63. The van der Waals surface area contributed by atoms with Crippen LogP contribution in [0.5, 0.6) is 0 Å². The van der Waals surface area contributed by atoms with Crippen LogP contribution in [0.4, 0.5) is 0 Å². The quantitative estimate of drug-likeness (QED) is 0.611. The molecule has 0 amide bonds. The monoisotopic (exact) mass is 399 g/mol. The van der Waals surface area contributed by atoms with Crippen molar-refractivity contribution in [3.05, 3.63) is 75.9 Å². The minimum Gasteiger partial charge on any atom is -0.396 e. The van der Waals surface area contributed by atoms with E-state index in [2.05, 4.69) is 40.1 Å². The molecule has 1 heterocycles. The van der Waals surface area contributed by atoms with Crippen molar-refractivity contribution >= 4 is 15.9 Å². The number of aliphatic hydroxyl groups excluding tert-OH is 1. The summed E-state index contributed by atoms with van der Waals surface area (Å²) in [5.74, 6) is 0.810. The van der Waals surface area contributed by atoms with Crippen molar-refractivity contribution in [1.29, 1.82) is 0 Å². The Hall–Kier alpha value is -1.91. The Bertz CT molecular complexity index is 827. The van der Waals surface area contributed by atoms with E-state index in [0.29, 0.717) is 6.42 Å². The van der Waals surface area contributed by atoms with Gasteiger partial charge in [0.25, 0.3) is 0 Å².